The lowest BCUT2D eigenvalue weighted by Gasteiger charge is -2.03. The molecule has 1 aromatic rings. The molecule has 0 atom stereocenters. The van der Waals surface area contributed by atoms with Gasteiger partial charge in [-0.1, -0.05) is 37.0 Å². The number of azide groups is 1. The van der Waals surface area contributed by atoms with Crippen molar-refractivity contribution < 1.29 is 9.90 Å². The number of hydrogen-bond donors (Lipinski definition) is 1. The van der Waals surface area contributed by atoms with Gasteiger partial charge in [0.1, 0.15) is 11.6 Å². The zero-order valence-corrected chi connectivity index (χ0v) is 11.8. The Labute approximate surface area is 118 Å². The molecule has 0 aliphatic rings. The SMILES string of the molecule is N#CC(=Cc1cc(Br)c(N=[N+]=[N-])c(Br)c1)C(=O)O. The summed E-state index contributed by atoms with van der Waals surface area (Å²) in [6.07, 6.45) is 1.22. The molecule has 0 spiro atoms. The van der Waals surface area contributed by atoms with Gasteiger partial charge in [0.05, 0.1) is 5.69 Å². The maximum Gasteiger partial charge on any atom is 0.346 e. The number of halogens is 2. The van der Waals surface area contributed by atoms with E-state index in [1.807, 2.05) is 0 Å². The van der Waals surface area contributed by atoms with E-state index in [0.717, 1.165) is 0 Å². The van der Waals surface area contributed by atoms with Gasteiger partial charge in [-0.25, -0.2) is 4.79 Å². The largest absolute Gasteiger partial charge is 0.477 e. The smallest absolute Gasteiger partial charge is 0.346 e. The Morgan fingerprint density at radius 3 is 2.44 bits per heavy atom. The molecule has 6 nitrogen and oxygen atoms in total. The van der Waals surface area contributed by atoms with E-state index in [4.69, 9.17) is 15.9 Å². The zero-order valence-electron chi connectivity index (χ0n) is 8.63. The Morgan fingerprint density at radius 2 is 2.06 bits per heavy atom. The summed E-state index contributed by atoms with van der Waals surface area (Å²) >= 11 is 6.39. The van der Waals surface area contributed by atoms with Crippen LogP contribution in [0.5, 0.6) is 0 Å². The molecule has 90 valence electrons. The second kappa shape index (κ2) is 6.21. The summed E-state index contributed by atoms with van der Waals surface area (Å²) in [4.78, 5) is 13.4. The van der Waals surface area contributed by atoms with Gasteiger partial charge in [0, 0.05) is 13.9 Å². The van der Waals surface area contributed by atoms with Crippen LogP contribution >= 0.6 is 31.9 Å². The minimum atomic E-state index is -1.30. The molecule has 0 saturated heterocycles. The summed E-state index contributed by atoms with van der Waals surface area (Å²) in [5.41, 5.74) is 8.83. The molecule has 1 rings (SSSR count). The predicted molar refractivity (Wildman–Crippen MR) is 71.9 cm³/mol. The highest BCUT2D eigenvalue weighted by Gasteiger charge is 2.09. The Balaban J connectivity index is 3.35. The number of carbonyl (C=O) groups is 1. The summed E-state index contributed by atoms with van der Waals surface area (Å²) < 4.78 is 0.979. The summed E-state index contributed by atoms with van der Waals surface area (Å²) in [6, 6.07) is 4.68. The average molecular weight is 372 g/mol. The summed E-state index contributed by atoms with van der Waals surface area (Å²) in [7, 11) is 0. The fourth-order valence-electron chi connectivity index (χ4n) is 1.12. The highest BCUT2D eigenvalue weighted by molar-refractivity contribution is 9.11. The van der Waals surface area contributed by atoms with Crippen molar-refractivity contribution >= 4 is 49.6 Å². The second-order valence-corrected chi connectivity index (χ2v) is 4.71. The molecule has 8 heteroatoms. The first-order chi connectivity index (χ1) is 8.49. The van der Waals surface area contributed by atoms with E-state index in [1.165, 1.54) is 6.08 Å². The minimum Gasteiger partial charge on any atom is -0.477 e. The molecule has 0 bridgehead atoms. The van der Waals surface area contributed by atoms with Gasteiger partial charge in [0.25, 0.3) is 0 Å². The van der Waals surface area contributed by atoms with Crippen molar-refractivity contribution in [2.24, 2.45) is 5.11 Å². The van der Waals surface area contributed by atoms with Gasteiger partial charge in [-0.05, 0) is 29.3 Å². The van der Waals surface area contributed by atoms with Gasteiger partial charge in [0.2, 0.25) is 0 Å². The van der Waals surface area contributed by atoms with E-state index in [1.54, 1.807) is 18.2 Å². The van der Waals surface area contributed by atoms with Crippen LogP contribution in [0.1, 0.15) is 5.56 Å². The van der Waals surface area contributed by atoms with Crippen molar-refractivity contribution in [3.05, 3.63) is 42.7 Å². The van der Waals surface area contributed by atoms with E-state index in [9.17, 15) is 4.79 Å². The van der Waals surface area contributed by atoms with E-state index >= 15 is 0 Å². The summed E-state index contributed by atoms with van der Waals surface area (Å²) in [5, 5.41) is 20.8. The molecular weight excluding hydrogens is 368 g/mol. The highest BCUT2D eigenvalue weighted by Crippen LogP contribution is 2.35. The number of nitriles is 1. The van der Waals surface area contributed by atoms with Crippen LogP contribution in [0.2, 0.25) is 0 Å². The van der Waals surface area contributed by atoms with E-state index in [0.29, 0.717) is 20.2 Å². The third-order valence-electron chi connectivity index (χ3n) is 1.85. The Bertz CT molecular complexity index is 604. The number of hydrogen-bond acceptors (Lipinski definition) is 3. The van der Waals surface area contributed by atoms with E-state index in [-0.39, 0.29) is 5.57 Å². The fraction of sp³-hybridized carbons (Fsp3) is 0. The van der Waals surface area contributed by atoms with Crippen molar-refractivity contribution in [1.29, 1.82) is 5.26 Å². The predicted octanol–water partition coefficient (Wildman–Crippen LogP) is 4.14. The molecule has 0 fully saturated rings. The molecule has 0 aromatic heterocycles. The van der Waals surface area contributed by atoms with Crippen LogP contribution in [-0.2, 0) is 4.79 Å². The number of rotatable bonds is 3. The zero-order chi connectivity index (χ0) is 13.7. The normalized spacial score (nSPS) is 10.4. The molecular formula is C10H4Br2N4O2. The Hall–Kier alpha value is -1.81. The molecule has 0 amide bonds. The topological polar surface area (TPSA) is 110 Å². The average Bonchev–Trinajstić information content (AvgIpc) is 2.30. The number of carboxylic acid groups (broad SMARTS) is 1. The number of carboxylic acids is 1. The molecule has 0 aliphatic heterocycles. The maximum atomic E-state index is 10.7. The van der Waals surface area contributed by atoms with E-state index < -0.39 is 5.97 Å². The Kier molecular flexibility index (Phi) is 4.92. The second-order valence-electron chi connectivity index (χ2n) is 3.00. The molecule has 18 heavy (non-hydrogen) atoms. The van der Waals surface area contributed by atoms with Gasteiger partial charge in [0.15, 0.2) is 0 Å². The number of benzene rings is 1. The molecule has 1 N–H and O–H groups in total. The number of nitrogens with zero attached hydrogens (tertiary/aromatic N) is 4. The molecule has 0 aliphatic carbocycles. The van der Waals surface area contributed by atoms with Crippen molar-refractivity contribution in [3.63, 3.8) is 0 Å². The van der Waals surface area contributed by atoms with Gasteiger partial charge in [-0.3, -0.25) is 0 Å². The molecule has 0 radical (unpaired) electrons. The Morgan fingerprint density at radius 1 is 1.50 bits per heavy atom. The van der Waals surface area contributed by atoms with E-state index in [2.05, 4.69) is 41.9 Å². The van der Waals surface area contributed by atoms with Crippen molar-refractivity contribution in [1.82, 2.24) is 0 Å². The highest BCUT2D eigenvalue weighted by atomic mass is 79.9. The first-order valence-corrected chi connectivity index (χ1v) is 5.97. The van der Waals surface area contributed by atoms with Gasteiger partial charge < -0.3 is 5.11 Å². The fourth-order valence-corrected chi connectivity index (χ4v) is 2.50. The van der Waals surface area contributed by atoms with Gasteiger partial charge in [-0.2, -0.15) is 5.26 Å². The molecule has 1 aromatic carbocycles. The third-order valence-corrected chi connectivity index (χ3v) is 3.05. The monoisotopic (exact) mass is 370 g/mol. The lowest BCUT2D eigenvalue weighted by Crippen LogP contribution is -1.97. The van der Waals surface area contributed by atoms with Crippen LogP contribution in [0.4, 0.5) is 5.69 Å². The van der Waals surface area contributed by atoms with Crippen LogP contribution in [-0.4, -0.2) is 11.1 Å². The lowest BCUT2D eigenvalue weighted by atomic mass is 10.1. The molecule has 0 heterocycles. The first kappa shape index (κ1) is 14.3. The minimum absolute atomic E-state index is 0.350. The quantitative estimate of drug-likeness (QED) is 0.283. The molecule has 0 unspecified atom stereocenters. The van der Waals surface area contributed by atoms with Crippen LogP contribution < -0.4 is 0 Å². The van der Waals surface area contributed by atoms with Crippen LogP contribution in [0, 0.1) is 11.3 Å². The third kappa shape index (κ3) is 3.34. The van der Waals surface area contributed by atoms with Crippen molar-refractivity contribution in [3.8, 4) is 6.07 Å². The summed E-state index contributed by atoms with van der Waals surface area (Å²) in [6.45, 7) is 0. The number of aliphatic carboxylic acids is 1. The standard InChI is InChI=1S/C10H4Br2N4O2/c11-7-2-5(1-6(4-13)10(17)18)3-8(12)9(7)15-16-14/h1-3H,(H,17,18). The first-order valence-electron chi connectivity index (χ1n) is 4.38. The van der Waals surface area contributed by atoms with Crippen LogP contribution in [0.15, 0.2) is 31.8 Å². The van der Waals surface area contributed by atoms with Crippen molar-refractivity contribution in [2.75, 3.05) is 0 Å². The maximum absolute atomic E-state index is 10.7. The van der Waals surface area contributed by atoms with Gasteiger partial charge in [-0.15, -0.1) is 0 Å². The van der Waals surface area contributed by atoms with Gasteiger partial charge >= 0.3 is 5.97 Å². The summed E-state index contributed by atoms with van der Waals surface area (Å²) in [5.74, 6) is -1.30. The molecule has 0 saturated carbocycles. The van der Waals surface area contributed by atoms with Crippen molar-refractivity contribution in [2.45, 2.75) is 0 Å². The van der Waals surface area contributed by atoms with Crippen LogP contribution in [0.3, 0.4) is 0 Å². The van der Waals surface area contributed by atoms with Crippen LogP contribution in [0.25, 0.3) is 16.5 Å². The lowest BCUT2D eigenvalue weighted by molar-refractivity contribution is -0.132.